The molecule has 1 aliphatic carbocycles. The number of hydrogen-bond acceptors (Lipinski definition) is 3. The molecular formula is C31H44N2O4. The fourth-order valence-corrected chi connectivity index (χ4v) is 3.54. The molecule has 0 aromatic heterocycles. The van der Waals surface area contributed by atoms with Gasteiger partial charge in [-0.25, -0.2) is 4.79 Å². The Morgan fingerprint density at radius 1 is 0.784 bits per heavy atom. The maximum absolute atomic E-state index is 12.0. The van der Waals surface area contributed by atoms with E-state index in [-0.39, 0.29) is 23.8 Å². The van der Waals surface area contributed by atoms with Gasteiger partial charge in [-0.2, -0.15) is 0 Å². The highest BCUT2D eigenvalue weighted by Gasteiger charge is 2.41. The summed E-state index contributed by atoms with van der Waals surface area (Å²) in [6.07, 6.45) is 35.6. The molecule has 0 spiro atoms. The Hall–Kier alpha value is -3.41. The van der Waals surface area contributed by atoms with Crippen molar-refractivity contribution in [1.29, 1.82) is 0 Å². The van der Waals surface area contributed by atoms with Crippen LogP contribution in [-0.4, -0.2) is 47.4 Å². The molecule has 1 rings (SSSR count). The van der Waals surface area contributed by atoms with E-state index >= 15 is 0 Å². The highest BCUT2D eigenvalue weighted by atomic mass is 16.4. The van der Waals surface area contributed by atoms with Crippen LogP contribution in [0.2, 0.25) is 0 Å². The van der Waals surface area contributed by atoms with Gasteiger partial charge in [0.1, 0.15) is 0 Å². The van der Waals surface area contributed by atoms with Crippen molar-refractivity contribution in [1.82, 2.24) is 10.2 Å². The average molecular weight is 509 g/mol. The monoisotopic (exact) mass is 508 g/mol. The predicted molar refractivity (Wildman–Crippen MR) is 152 cm³/mol. The number of carboxylic acid groups (broad SMARTS) is 1. The van der Waals surface area contributed by atoms with Crippen LogP contribution in [0.5, 0.6) is 0 Å². The first-order chi connectivity index (χ1) is 18.0. The molecule has 1 aliphatic rings. The Balaban J connectivity index is 2.02. The van der Waals surface area contributed by atoms with Gasteiger partial charge < -0.3 is 15.3 Å². The highest BCUT2D eigenvalue weighted by Crippen LogP contribution is 2.34. The summed E-state index contributed by atoms with van der Waals surface area (Å²) < 4.78 is 0. The van der Waals surface area contributed by atoms with Crippen LogP contribution in [0.15, 0.2) is 85.1 Å². The number of hydrogen-bond donors (Lipinski definition) is 2. The fraction of sp³-hybridized carbons (Fsp3) is 0.452. The van der Waals surface area contributed by atoms with Gasteiger partial charge in [0.25, 0.3) is 0 Å². The third-order valence-corrected chi connectivity index (χ3v) is 5.79. The van der Waals surface area contributed by atoms with Crippen molar-refractivity contribution in [2.45, 2.75) is 70.8 Å². The minimum absolute atomic E-state index is 0.00457. The summed E-state index contributed by atoms with van der Waals surface area (Å²) in [6.45, 7) is 2.68. The Morgan fingerprint density at radius 2 is 1.27 bits per heavy atom. The highest BCUT2D eigenvalue weighted by molar-refractivity contribution is 5.94. The maximum atomic E-state index is 12.0. The first-order valence-corrected chi connectivity index (χ1v) is 13.3. The van der Waals surface area contributed by atoms with Crippen molar-refractivity contribution in [2.24, 2.45) is 5.92 Å². The lowest BCUT2D eigenvalue weighted by Crippen LogP contribution is -2.32. The van der Waals surface area contributed by atoms with Crippen LogP contribution in [0.1, 0.15) is 64.7 Å². The van der Waals surface area contributed by atoms with Crippen LogP contribution >= 0.6 is 0 Å². The van der Waals surface area contributed by atoms with E-state index in [9.17, 15) is 14.4 Å². The van der Waals surface area contributed by atoms with Crippen LogP contribution in [0.3, 0.4) is 0 Å². The molecule has 0 radical (unpaired) electrons. The zero-order valence-corrected chi connectivity index (χ0v) is 22.4. The molecular weight excluding hydrogens is 464 g/mol. The molecule has 0 aromatic rings. The number of likely N-dealkylation sites (N-methyl/N-ethyl adjacent to an activating group) is 1. The molecule has 202 valence electrons. The van der Waals surface area contributed by atoms with Crippen LogP contribution in [0.4, 0.5) is 0 Å². The lowest BCUT2D eigenvalue weighted by Gasteiger charge is -2.15. The molecule has 0 aliphatic heterocycles. The van der Waals surface area contributed by atoms with Crippen LogP contribution < -0.4 is 5.32 Å². The van der Waals surface area contributed by atoms with E-state index in [2.05, 4.69) is 79.1 Å². The molecule has 0 aromatic carbocycles. The summed E-state index contributed by atoms with van der Waals surface area (Å²) in [7, 11) is 1.66. The second kappa shape index (κ2) is 20.7. The largest absolute Gasteiger partial charge is 0.478 e. The zero-order valence-electron chi connectivity index (χ0n) is 22.4. The van der Waals surface area contributed by atoms with E-state index in [0.29, 0.717) is 19.4 Å². The molecule has 2 atom stereocenters. The van der Waals surface area contributed by atoms with Gasteiger partial charge >= 0.3 is 5.97 Å². The Morgan fingerprint density at radius 3 is 1.76 bits per heavy atom. The summed E-state index contributed by atoms with van der Waals surface area (Å²) in [5, 5.41) is 11.5. The first kappa shape index (κ1) is 31.6. The minimum Gasteiger partial charge on any atom is -0.478 e. The maximum Gasteiger partial charge on any atom is 0.328 e. The second-order valence-electron chi connectivity index (χ2n) is 8.94. The van der Waals surface area contributed by atoms with Gasteiger partial charge in [0.15, 0.2) is 0 Å². The number of rotatable bonds is 19. The Kier molecular flexibility index (Phi) is 17.7. The standard InChI is InChI=1S/C31H44N2O4/c1-3-4-5-6-7-8-9-10-11-12-13-14-15-16-17-18-19-20-21-22-29(34)32-26-27-25-28(27)33(2)30(35)23-24-31(36)37/h4-5,7-8,10-11,13-14,16-17,19-20,23-24,27-28H,3,6,9,12,15,18,21-22,25-26H2,1-2H3,(H,32,34)(H,36,37). The molecule has 1 fully saturated rings. The topological polar surface area (TPSA) is 86.7 Å². The van der Waals surface area contributed by atoms with Crippen molar-refractivity contribution >= 4 is 17.8 Å². The molecule has 0 saturated heterocycles. The second-order valence-corrected chi connectivity index (χ2v) is 8.94. The zero-order chi connectivity index (χ0) is 27.1. The predicted octanol–water partition coefficient (Wildman–Crippen LogP) is 6.07. The normalized spacial score (nSPS) is 18.0. The summed E-state index contributed by atoms with van der Waals surface area (Å²) >= 11 is 0. The number of carbonyl (C=O) groups is 3. The van der Waals surface area contributed by atoms with Crippen molar-refractivity contribution < 1.29 is 19.5 Å². The van der Waals surface area contributed by atoms with Crippen molar-refractivity contribution in [3.63, 3.8) is 0 Å². The van der Waals surface area contributed by atoms with Crippen molar-refractivity contribution in [2.75, 3.05) is 13.6 Å². The lowest BCUT2D eigenvalue weighted by atomic mass is 10.2. The Bertz CT molecular complexity index is 893. The molecule has 2 unspecified atom stereocenters. The summed E-state index contributed by atoms with van der Waals surface area (Å²) in [5.41, 5.74) is 0. The van der Waals surface area contributed by atoms with E-state index in [1.54, 1.807) is 7.05 Å². The molecule has 6 heteroatoms. The van der Waals surface area contributed by atoms with Crippen molar-refractivity contribution in [3.8, 4) is 0 Å². The van der Waals surface area contributed by atoms with Gasteiger partial charge in [-0.3, -0.25) is 9.59 Å². The quantitative estimate of drug-likeness (QED) is 0.164. The van der Waals surface area contributed by atoms with Gasteiger partial charge in [-0.15, -0.1) is 0 Å². The summed E-state index contributed by atoms with van der Waals surface area (Å²) in [6, 6.07) is 0.0506. The van der Waals surface area contributed by atoms with Gasteiger partial charge in [0.2, 0.25) is 11.8 Å². The fourth-order valence-electron chi connectivity index (χ4n) is 3.54. The van der Waals surface area contributed by atoms with Crippen molar-refractivity contribution in [3.05, 3.63) is 85.1 Å². The lowest BCUT2D eigenvalue weighted by molar-refractivity contribution is -0.132. The molecule has 37 heavy (non-hydrogen) atoms. The van der Waals surface area contributed by atoms with E-state index in [4.69, 9.17) is 5.11 Å². The van der Waals surface area contributed by atoms with Gasteiger partial charge in [0.05, 0.1) is 0 Å². The van der Waals surface area contributed by atoms with Gasteiger partial charge in [-0.1, -0.05) is 79.8 Å². The SMILES string of the molecule is CCC=CCC=CCC=CCC=CCC=CCC=CCCC(=O)NCC1CC1N(C)C(=O)C=CC(=O)O. The molecule has 2 N–H and O–H groups in total. The number of amides is 2. The minimum atomic E-state index is -1.15. The molecule has 1 saturated carbocycles. The van der Waals surface area contributed by atoms with E-state index < -0.39 is 5.97 Å². The molecule has 2 amide bonds. The van der Waals surface area contributed by atoms with E-state index in [1.807, 2.05) is 6.08 Å². The van der Waals surface area contributed by atoms with Gasteiger partial charge in [-0.05, 0) is 57.3 Å². The number of allylic oxidation sites excluding steroid dienone is 12. The number of aliphatic carboxylic acids is 1. The number of carboxylic acids is 1. The Labute approximate surface area is 222 Å². The molecule has 0 bridgehead atoms. The van der Waals surface area contributed by atoms with Crippen LogP contribution in [0.25, 0.3) is 0 Å². The summed E-state index contributed by atoms with van der Waals surface area (Å²) in [5.74, 6) is -1.25. The van der Waals surface area contributed by atoms with E-state index in [1.165, 1.54) is 4.90 Å². The van der Waals surface area contributed by atoms with E-state index in [0.717, 1.165) is 57.1 Å². The molecule has 0 heterocycles. The number of carbonyl (C=O) groups excluding carboxylic acids is 2. The van der Waals surface area contributed by atoms with Gasteiger partial charge in [0, 0.05) is 38.2 Å². The third-order valence-electron chi connectivity index (χ3n) is 5.79. The first-order valence-electron chi connectivity index (χ1n) is 13.3. The summed E-state index contributed by atoms with van der Waals surface area (Å²) in [4.78, 5) is 35.9. The van der Waals surface area contributed by atoms with Crippen LogP contribution in [-0.2, 0) is 14.4 Å². The number of nitrogens with zero attached hydrogens (tertiary/aromatic N) is 1. The number of nitrogens with one attached hydrogen (secondary N) is 1. The smallest absolute Gasteiger partial charge is 0.328 e. The van der Waals surface area contributed by atoms with Crippen LogP contribution in [0, 0.1) is 5.92 Å². The third kappa shape index (κ3) is 17.6. The molecule has 6 nitrogen and oxygen atoms in total. The average Bonchev–Trinajstić information content (AvgIpc) is 3.66.